The minimum atomic E-state index is -3.55. The van der Waals surface area contributed by atoms with Crippen LogP contribution in [-0.4, -0.2) is 34.8 Å². The van der Waals surface area contributed by atoms with E-state index in [1.807, 2.05) is 0 Å². The molecule has 19 heavy (non-hydrogen) atoms. The standard InChI is InChI=1S/C12H18N2O4S/c1-17-12-8-10(2-3-11(12)13)19(15,16)14-9-4-6-18-7-5-9/h2-3,8-9,14H,4-7,13H2,1H3. The van der Waals surface area contributed by atoms with Gasteiger partial charge in [-0.05, 0) is 25.0 Å². The molecule has 1 heterocycles. The first-order valence-electron chi connectivity index (χ1n) is 6.06. The molecule has 0 bridgehead atoms. The third-order valence-corrected chi connectivity index (χ3v) is 4.58. The molecule has 0 aromatic heterocycles. The van der Waals surface area contributed by atoms with Crippen LogP contribution in [0.1, 0.15) is 12.8 Å². The van der Waals surface area contributed by atoms with Crippen LogP contribution in [0.5, 0.6) is 5.75 Å². The maximum Gasteiger partial charge on any atom is 0.240 e. The lowest BCUT2D eigenvalue weighted by Gasteiger charge is -2.23. The Bertz CT molecular complexity index is 539. The van der Waals surface area contributed by atoms with E-state index in [0.717, 1.165) is 0 Å². The van der Waals surface area contributed by atoms with Gasteiger partial charge in [-0.3, -0.25) is 0 Å². The van der Waals surface area contributed by atoms with Crippen LogP contribution in [0.3, 0.4) is 0 Å². The molecule has 1 saturated heterocycles. The summed E-state index contributed by atoms with van der Waals surface area (Å²) in [6, 6.07) is 4.34. The largest absolute Gasteiger partial charge is 0.495 e. The summed E-state index contributed by atoms with van der Waals surface area (Å²) in [6.45, 7) is 1.16. The fourth-order valence-corrected chi connectivity index (χ4v) is 3.28. The summed E-state index contributed by atoms with van der Waals surface area (Å²) in [5.41, 5.74) is 6.08. The first-order chi connectivity index (χ1) is 9.03. The number of anilines is 1. The van der Waals surface area contributed by atoms with E-state index < -0.39 is 10.0 Å². The van der Waals surface area contributed by atoms with Gasteiger partial charge < -0.3 is 15.2 Å². The van der Waals surface area contributed by atoms with Crippen LogP contribution >= 0.6 is 0 Å². The Morgan fingerprint density at radius 1 is 1.37 bits per heavy atom. The van der Waals surface area contributed by atoms with Gasteiger partial charge in [0.2, 0.25) is 10.0 Å². The van der Waals surface area contributed by atoms with Crippen molar-refractivity contribution in [1.29, 1.82) is 0 Å². The molecule has 2 rings (SSSR count). The monoisotopic (exact) mass is 286 g/mol. The Labute approximate surface area is 112 Å². The lowest BCUT2D eigenvalue weighted by Crippen LogP contribution is -2.38. The van der Waals surface area contributed by atoms with Crippen molar-refractivity contribution in [3.8, 4) is 5.75 Å². The fraction of sp³-hybridized carbons (Fsp3) is 0.500. The summed E-state index contributed by atoms with van der Waals surface area (Å²) in [6.07, 6.45) is 1.37. The molecule has 0 saturated carbocycles. The van der Waals surface area contributed by atoms with Crippen LogP contribution < -0.4 is 15.2 Å². The van der Waals surface area contributed by atoms with Crippen molar-refractivity contribution < 1.29 is 17.9 Å². The molecule has 0 unspecified atom stereocenters. The number of hydrogen-bond acceptors (Lipinski definition) is 5. The van der Waals surface area contributed by atoms with Crippen molar-refractivity contribution in [2.75, 3.05) is 26.1 Å². The highest BCUT2D eigenvalue weighted by Gasteiger charge is 2.22. The highest BCUT2D eigenvalue weighted by atomic mass is 32.2. The summed E-state index contributed by atoms with van der Waals surface area (Å²) in [7, 11) is -2.10. The number of sulfonamides is 1. The number of hydrogen-bond donors (Lipinski definition) is 2. The third kappa shape index (κ3) is 3.37. The molecule has 1 aromatic rings. The molecule has 0 aliphatic carbocycles. The van der Waals surface area contributed by atoms with Crippen LogP contribution in [0.2, 0.25) is 0 Å². The van der Waals surface area contributed by atoms with Gasteiger partial charge in [-0.2, -0.15) is 0 Å². The van der Waals surface area contributed by atoms with Crippen molar-refractivity contribution in [1.82, 2.24) is 4.72 Å². The van der Waals surface area contributed by atoms with Gasteiger partial charge in [0, 0.05) is 25.3 Å². The summed E-state index contributed by atoms with van der Waals surface area (Å²) in [5.74, 6) is 0.356. The molecule has 0 amide bonds. The van der Waals surface area contributed by atoms with Gasteiger partial charge in [0.25, 0.3) is 0 Å². The average Bonchev–Trinajstić information content (AvgIpc) is 2.39. The van der Waals surface area contributed by atoms with E-state index in [0.29, 0.717) is 37.5 Å². The number of nitrogens with one attached hydrogen (secondary N) is 1. The van der Waals surface area contributed by atoms with Crippen LogP contribution in [0.4, 0.5) is 5.69 Å². The Kier molecular flexibility index (Phi) is 4.28. The molecular formula is C12H18N2O4S. The second-order valence-corrected chi connectivity index (χ2v) is 6.13. The predicted octanol–water partition coefficient (Wildman–Crippen LogP) is 0.735. The quantitative estimate of drug-likeness (QED) is 0.796. The van der Waals surface area contributed by atoms with Crippen molar-refractivity contribution >= 4 is 15.7 Å². The van der Waals surface area contributed by atoms with Gasteiger partial charge >= 0.3 is 0 Å². The second kappa shape index (κ2) is 5.77. The van der Waals surface area contributed by atoms with E-state index in [9.17, 15) is 8.42 Å². The number of nitrogens with two attached hydrogens (primary N) is 1. The zero-order valence-electron chi connectivity index (χ0n) is 10.8. The normalized spacial score (nSPS) is 17.3. The first-order valence-corrected chi connectivity index (χ1v) is 7.55. The van der Waals surface area contributed by atoms with E-state index in [1.165, 1.54) is 25.3 Å². The Morgan fingerprint density at radius 2 is 2.05 bits per heavy atom. The lowest BCUT2D eigenvalue weighted by atomic mass is 10.1. The summed E-state index contributed by atoms with van der Waals surface area (Å²) in [4.78, 5) is 0.157. The van der Waals surface area contributed by atoms with Crippen LogP contribution in [-0.2, 0) is 14.8 Å². The number of nitrogen functional groups attached to an aromatic ring is 1. The predicted molar refractivity (Wildman–Crippen MR) is 71.6 cm³/mol. The summed E-state index contributed by atoms with van der Waals surface area (Å²) in [5, 5.41) is 0. The van der Waals surface area contributed by atoms with Crippen molar-refractivity contribution in [2.45, 2.75) is 23.8 Å². The molecule has 106 valence electrons. The molecule has 7 heteroatoms. The maximum absolute atomic E-state index is 12.2. The van der Waals surface area contributed by atoms with Crippen molar-refractivity contribution in [2.24, 2.45) is 0 Å². The number of benzene rings is 1. The molecular weight excluding hydrogens is 268 g/mol. The fourth-order valence-electron chi connectivity index (χ4n) is 1.96. The van der Waals surface area contributed by atoms with E-state index in [1.54, 1.807) is 0 Å². The summed E-state index contributed by atoms with van der Waals surface area (Å²) < 4.78 is 37.4. The second-order valence-electron chi connectivity index (χ2n) is 4.41. The Morgan fingerprint density at radius 3 is 2.68 bits per heavy atom. The number of rotatable bonds is 4. The molecule has 1 fully saturated rings. The molecule has 0 spiro atoms. The molecule has 1 aromatic carbocycles. The smallest absolute Gasteiger partial charge is 0.240 e. The average molecular weight is 286 g/mol. The number of methoxy groups -OCH3 is 1. The van der Waals surface area contributed by atoms with E-state index in [2.05, 4.69) is 4.72 Å². The maximum atomic E-state index is 12.2. The first kappa shape index (κ1) is 14.1. The highest BCUT2D eigenvalue weighted by molar-refractivity contribution is 7.89. The van der Waals surface area contributed by atoms with Gasteiger partial charge in [0.05, 0.1) is 17.7 Å². The Balaban J connectivity index is 2.18. The van der Waals surface area contributed by atoms with Gasteiger partial charge in [-0.15, -0.1) is 0 Å². The van der Waals surface area contributed by atoms with Gasteiger partial charge in [0.15, 0.2) is 0 Å². The van der Waals surface area contributed by atoms with Crippen LogP contribution in [0.25, 0.3) is 0 Å². The van der Waals surface area contributed by atoms with Crippen molar-refractivity contribution in [3.63, 3.8) is 0 Å². The minimum absolute atomic E-state index is 0.0812. The third-order valence-electron chi connectivity index (χ3n) is 3.06. The number of ether oxygens (including phenoxy) is 2. The van der Waals surface area contributed by atoms with Crippen molar-refractivity contribution in [3.05, 3.63) is 18.2 Å². The van der Waals surface area contributed by atoms with Gasteiger partial charge in [-0.25, -0.2) is 13.1 Å². The topological polar surface area (TPSA) is 90.7 Å². The SMILES string of the molecule is COc1cc(S(=O)(=O)NC2CCOCC2)ccc1N. The van der Waals surface area contributed by atoms with E-state index in [4.69, 9.17) is 15.2 Å². The molecule has 1 aliphatic heterocycles. The molecule has 0 atom stereocenters. The zero-order chi connectivity index (χ0) is 13.9. The molecule has 1 aliphatic rings. The van der Waals surface area contributed by atoms with Gasteiger partial charge in [-0.1, -0.05) is 0 Å². The van der Waals surface area contributed by atoms with Crippen LogP contribution in [0, 0.1) is 0 Å². The highest BCUT2D eigenvalue weighted by Crippen LogP contribution is 2.25. The summed E-state index contributed by atoms with van der Waals surface area (Å²) >= 11 is 0. The van der Waals surface area contributed by atoms with Crippen LogP contribution in [0.15, 0.2) is 23.1 Å². The van der Waals surface area contributed by atoms with E-state index in [-0.39, 0.29) is 10.9 Å². The minimum Gasteiger partial charge on any atom is -0.495 e. The van der Waals surface area contributed by atoms with E-state index >= 15 is 0 Å². The molecule has 6 nitrogen and oxygen atoms in total. The molecule has 0 radical (unpaired) electrons. The zero-order valence-corrected chi connectivity index (χ0v) is 11.6. The Hall–Kier alpha value is -1.31. The molecule has 3 N–H and O–H groups in total. The lowest BCUT2D eigenvalue weighted by molar-refractivity contribution is 0.0832. The van der Waals surface area contributed by atoms with Gasteiger partial charge in [0.1, 0.15) is 5.75 Å².